The summed E-state index contributed by atoms with van der Waals surface area (Å²) >= 11 is 0. The van der Waals surface area contributed by atoms with Crippen LogP contribution in [-0.2, 0) is 9.59 Å². The van der Waals surface area contributed by atoms with Gasteiger partial charge in [0.05, 0.1) is 6.54 Å². The first kappa shape index (κ1) is 17.5. The maximum atomic E-state index is 12.1. The molecule has 2 rings (SSSR count). The molecule has 0 aliphatic carbocycles. The van der Waals surface area contributed by atoms with Crippen molar-refractivity contribution in [1.29, 1.82) is 0 Å². The van der Waals surface area contributed by atoms with Gasteiger partial charge in [-0.25, -0.2) is 0 Å². The molecule has 0 spiro atoms. The summed E-state index contributed by atoms with van der Waals surface area (Å²) in [6.07, 6.45) is 3.23. The van der Waals surface area contributed by atoms with Crippen molar-refractivity contribution < 1.29 is 9.59 Å². The van der Waals surface area contributed by atoms with Gasteiger partial charge in [0.1, 0.15) is 0 Å². The van der Waals surface area contributed by atoms with Gasteiger partial charge in [-0.1, -0.05) is 47.5 Å². The molecule has 4 heteroatoms. The number of likely N-dealkylation sites (N-methyl/N-ethyl adjacent to an activating group) is 1. The first-order valence-electron chi connectivity index (χ1n) is 7.80. The van der Waals surface area contributed by atoms with E-state index in [1.807, 2.05) is 62.4 Å². The van der Waals surface area contributed by atoms with Crippen molar-refractivity contribution in [2.24, 2.45) is 0 Å². The molecule has 0 fully saturated rings. The highest BCUT2D eigenvalue weighted by molar-refractivity contribution is 5.97. The summed E-state index contributed by atoms with van der Waals surface area (Å²) in [6, 6.07) is 15.4. The normalized spacial score (nSPS) is 10.6. The zero-order valence-electron chi connectivity index (χ0n) is 14.2. The van der Waals surface area contributed by atoms with Crippen LogP contribution in [0.5, 0.6) is 0 Å². The average Bonchev–Trinajstić information content (AvgIpc) is 2.54. The fourth-order valence-corrected chi connectivity index (χ4v) is 2.20. The zero-order valence-corrected chi connectivity index (χ0v) is 14.2. The van der Waals surface area contributed by atoms with Crippen LogP contribution in [0.15, 0.2) is 54.6 Å². The average molecular weight is 322 g/mol. The molecule has 0 aliphatic rings. The molecule has 0 aliphatic heterocycles. The number of aryl methyl sites for hydroxylation is 2. The van der Waals surface area contributed by atoms with Crippen molar-refractivity contribution in [3.05, 3.63) is 71.3 Å². The number of anilines is 1. The van der Waals surface area contributed by atoms with Crippen molar-refractivity contribution in [3.8, 4) is 0 Å². The number of nitrogens with one attached hydrogen (secondary N) is 1. The minimum absolute atomic E-state index is 0.00483. The fourth-order valence-electron chi connectivity index (χ4n) is 2.20. The van der Waals surface area contributed by atoms with Gasteiger partial charge in [-0.3, -0.25) is 9.59 Å². The molecular formula is C20H22N2O2. The quantitative estimate of drug-likeness (QED) is 0.858. The molecule has 4 nitrogen and oxygen atoms in total. The summed E-state index contributed by atoms with van der Waals surface area (Å²) in [6.45, 7) is 3.99. The summed E-state index contributed by atoms with van der Waals surface area (Å²) in [4.78, 5) is 25.5. The first-order chi connectivity index (χ1) is 11.4. The van der Waals surface area contributed by atoms with E-state index in [1.165, 1.54) is 11.0 Å². The molecule has 0 bridgehead atoms. The standard InChI is InChI=1S/C20H22N2O2/c1-15-7-10-18(11-8-15)21-19(23)14-22(3)20(24)12-9-17-6-4-5-16(2)13-17/h4-13H,14H2,1-3H3,(H,21,23)/b12-9+. The third-order valence-corrected chi connectivity index (χ3v) is 3.55. The van der Waals surface area contributed by atoms with Crippen LogP contribution in [0.3, 0.4) is 0 Å². The van der Waals surface area contributed by atoms with Crippen molar-refractivity contribution in [2.45, 2.75) is 13.8 Å². The Morgan fingerprint density at radius 1 is 1.04 bits per heavy atom. The number of carbonyl (C=O) groups excluding carboxylic acids is 2. The number of nitrogens with zero attached hydrogens (tertiary/aromatic N) is 1. The highest BCUT2D eigenvalue weighted by Gasteiger charge is 2.10. The van der Waals surface area contributed by atoms with Crippen LogP contribution < -0.4 is 5.32 Å². The van der Waals surface area contributed by atoms with Gasteiger partial charge in [0, 0.05) is 18.8 Å². The first-order valence-corrected chi connectivity index (χ1v) is 7.80. The highest BCUT2D eigenvalue weighted by Crippen LogP contribution is 2.09. The Balaban J connectivity index is 1.88. The lowest BCUT2D eigenvalue weighted by Gasteiger charge is -2.15. The lowest BCUT2D eigenvalue weighted by Crippen LogP contribution is -2.33. The van der Waals surface area contributed by atoms with Gasteiger partial charge >= 0.3 is 0 Å². The van der Waals surface area contributed by atoms with Crippen LogP contribution in [0.2, 0.25) is 0 Å². The van der Waals surface area contributed by atoms with Crippen LogP contribution in [-0.4, -0.2) is 30.3 Å². The van der Waals surface area contributed by atoms with Crippen LogP contribution in [0.1, 0.15) is 16.7 Å². The van der Waals surface area contributed by atoms with E-state index in [9.17, 15) is 9.59 Å². The lowest BCUT2D eigenvalue weighted by atomic mass is 10.1. The molecule has 0 radical (unpaired) electrons. The van der Waals surface area contributed by atoms with E-state index in [2.05, 4.69) is 5.32 Å². The number of hydrogen-bond donors (Lipinski definition) is 1. The highest BCUT2D eigenvalue weighted by atomic mass is 16.2. The Hall–Kier alpha value is -2.88. The van der Waals surface area contributed by atoms with Gasteiger partial charge in [-0.2, -0.15) is 0 Å². The third-order valence-electron chi connectivity index (χ3n) is 3.55. The van der Waals surface area contributed by atoms with E-state index in [0.717, 1.165) is 22.4 Å². The van der Waals surface area contributed by atoms with E-state index < -0.39 is 0 Å². The summed E-state index contributed by atoms with van der Waals surface area (Å²) in [7, 11) is 1.61. The van der Waals surface area contributed by atoms with E-state index in [-0.39, 0.29) is 18.4 Å². The van der Waals surface area contributed by atoms with Crippen molar-refractivity contribution >= 4 is 23.6 Å². The van der Waals surface area contributed by atoms with Crippen molar-refractivity contribution in [2.75, 3.05) is 18.9 Å². The van der Waals surface area contributed by atoms with E-state index in [4.69, 9.17) is 0 Å². The summed E-state index contributed by atoms with van der Waals surface area (Å²) in [5.74, 6) is -0.436. The van der Waals surface area contributed by atoms with Crippen LogP contribution in [0.25, 0.3) is 6.08 Å². The molecule has 2 amide bonds. The molecule has 0 atom stereocenters. The molecular weight excluding hydrogens is 300 g/mol. The van der Waals surface area contributed by atoms with Gasteiger partial charge in [0.15, 0.2) is 0 Å². The van der Waals surface area contributed by atoms with Gasteiger partial charge in [0.25, 0.3) is 0 Å². The van der Waals surface area contributed by atoms with Gasteiger partial charge < -0.3 is 10.2 Å². The summed E-state index contributed by atoms with van der Waals surface area (Å²) in [5, 5.41) is 2.78. The monoisotopic (exact) mass is 322 g/mol. The molecule has 0 saturated carbocycles. The largest absolute Gasteiger partial charge is 0.333 e. The second kappa shape index (κ2) is 8.11. The molecule has 0 heterocycles. The maximum Gasteiger partial charge on any atom is 0.246 e. The Bertz CT molecular complexity index is 748. The predicted octanol–water partition coefficient (Wildman–Crippen LogP) is 3.41. The molecule has 0 aromatic heterocycles. The molecule has 2 aromatic rings. The maximum absolute atomic E-state index is 12.1. The lowest BCUT2D eigenvalue weighted by molar-refractivity contribution is -0.129. The minimum atomic E-state index is -0.223. The Morgan fingerprint density at radius 3 is 2.42 bits per heavy atom. The Labute approximate surface area is 142 Å². The van der Waals surface area contributed by atoms with Crippen molar-refractivity contribution in [3.63, 3.8) is 0 Å². The van der Waals surface area contributed by atoms with Crippen LogP contribution in [0.4, 0.5) is 5.69 Å². The summed E-state index contributed by atoms with van der Waals surface area (Å²) in [5.41, 5.74) is 3.94. The Kier molecular flexibility index (Phi) is 5.90. The molecule has 0 saturated heterocycles. The molecule has 2 aromatic carbocycles. The van der Waals surface area contributed by atoms with Crippen LogP contribution >= 0.6 is 0 Å². The topological polar surface area (TPSA) is 49.4 Å². The number of hydrogen-bond acceptors (Lipinski definition) is 2. The SMILES string of the molecule is Cc1ccc(NC(=O)CN(C)C(=O)/C=C/c2cccc(C)c2)cc1. The van der Waals surface area contributed by atoms with Crippen molar-refractivity contribution in [1.82, 2.24) is 4.90 Å². The fraction of sp³-hybridized carbons (Fsp3) is 0.200. The van der Waals surface area contributed by atoms with E-state index >= 15 is 0 Å². The van der Waals surface area contributed by atoms with E-state index in [1.54, 1.807) is 13.1 Å². The molecule has 24 heavy (non-hydrogen) atoms. The second-order valence-electron chi connectivity index (χ2n) is 5.86. The molecule has 1 N–H and O–H groups in total. The van der Waals surface area contributed by atoms with E-state index in [0.29, 0.717) is 0 Å². The van der Waals surface area contributed by atoms with Crippen LogP contribution in [0, 0.1) is 13.8 Å². The van der Waals surface area contributed by atoms with Gasteiger partial charge in [-0.15, -0.1) is 0 Å². The molecule has 0 unspecified atom stereocenters. The molecule has 124 valence electrons. The second-order valence-corrected chi connectivity index (χ2v) is 5.86. The number of amides is 2. The number of benzene rings is 2. The number of rotatable bonds is 5. The predicted molar refractivity (Wildman–Crippen MR) is 97.7 cm³/mol. The Morgan fingerprint density at radius 2 is 1.75 bits per heavy atom. The zero-order chi connectivity index (χ0) is 17.5. The van der Waals surface area contributed by atoms with Gasteiger partial charge in [0.2, 0.25) is 11.8 Å². The summed E-state index contributed by atoms with van der Waals surface area (Å²) < 4.78 is 0. The third kappa shape index (κ3) is 5.39. The smallest absolute Gasteiger partial charge is 0.246 e. The number of carbonyl (C=O) groups is 2. The van der Waals surface area contributed by atoms with Gasteiger partial charge in [-0.05, 0) is 37.6 Å². The minimum Gasteiger partial charge on any atom is -0.333 e.